The number of rotatable bonds is 3. The molecule has 0 aromatic heterocycles. The van der Waals surface area contributed by atoms with Gasteiger partial charge in [0.05, 0.1) is 6.04 Å². The van der Waals surface area contributed by atoms with E-state index in [4.69, 9.17) is 5.73 Å². The highest BCUT2D eigenvalue weighted by Crippen LogP contribution is 2.16. The molecule has 1 saturated heterocycles. The van der Waals surface area contributed by atoms with Gasteiger partial charge in [-0.3, -0.25) is 9.69 Å². The lowest BCUT2D eigenvalue weighted by molar-refractivity contribution is -0.131. The van der Waals surface area contributed by atoms with Crippen LogP contribution in [0.2, 0.25) is 0 Å². The van der Waals surface area contributed by atoms with Gasteiger partial charge in [-0.05, 0) is 34.2 Å². The molecule has 88 valence electrons. The Hall–Kier alpha value is -0.610. The Labute approximate surface area is 92.4 Å². The lowest BCUT2D eigenvalue weighted by Gasteiger charge is -2.28. The standard InChI is InChI=1S/C11H23N3O/c1-8(2)13(4)10-5-6-14(7-10)11(15)9(3)12/h8-10H,5-7,12H2,1-4H3/t9?,10-/m0/s1. The average Bonchev–Trinajstić information content (AvgIpc) is 2.63. The van der Waals surface area contributed by atoms with E-state index >= 15 is 0 Å². The second-order valence-electron chi connectivity index (χ2n) is 4.77. The molecule has 0 saturated carbocycles. The van der Waals surface area contributed by atoms with Crippen molar-refractivity contribution in [3.05, 3.63) is 0 Å². The summed E-state index contributed by atoms with van der Waals surface area (Å²) in [6.45, 7) is 7.78. The first kappa shape index (κ1) is 12.5. The van der Waals surface area contributed by atoms with Crippen molar-refractivity contribution in [2.75, 3.05) is 20.1 Å². The summed E-state index contributed by atoms with van der Waals surface area (Å²) in [5, 5.41) is 0. The molecule has 1 heterocycles. The highest BCUT2D eigenvalue weighted by molar-refractivity contribution is 5.81. The van der Waals surface area contributed by atoms with E-state index < -0.39 is 0 Å². The molecule has 0 bridgehead atoms. The number of likely N-dealkylation sites (N-methyl/N-ethyl adjacent to an activating group) is 1. The molecule has 2 N–H and O–H groups in total. The fraction of sp³-hybridized carbons (Fsp3) is 0.909. The van der Waals surface area contributed by atoms with Crippen LogP contribution in [-0.4, -0.2) is 54.0 Å². The molecule has 0 aromatic carbocycles. The maximum Gasteiger partial charge on any atom is 0.239 e. The van der Waals surface area contributed by atoms with E-state index in [1.807, 2.05) is 4.90 Å². The van der Waals surface area contributed by atoms with E-state index in [2.05, 4.69) is 25.8 Å². The molecule has 4 heteroatoms. The first-order valence-electron chi connectivity index (χ1n) is 5.69. The summed E-state index contributed by atoms with van der Waals surface area (Å²) < 4.78 is 0. The van der Waals surface area contributed by atoms with E-state index in [0.717, 1.165) is 19.5 Å². The molecule has 15 heavy (non-hydrogen) atoms. The van der Waals surface area contributed by atoms with Gasteiger partial charge in [-0.25, -0.2) is 0 Å². The molecule has 1 amide bonds. The number of nitrogens with two attached hydrogens (primary N) is 1. The van der Waals surface area contributed by atoms with Gasteiger partial charge >= 0.3 is 0 Å². The van der Waals surface area contributed by atoms with Gasteiger partial charge in [0.25, 0.3) is 0 Å². The maximum absolute atomic E-state index is 11.7. The van der Waals surface area contributed by atoms with Gasteiger partial charge in [-0.2, -0.15) is 0 Å². The van der Waals surface area contributed by atoms with Crippen LogP contribution in [0.3, 0.4) is 0 Å². The third-order valence-electron chi connectivity index (χ3n) is 3.26. The van der Waals surface area contributed by atoms with Gasteiger partial charge in [0.15, 0.2) is 0 Å². The van der Waals surface area contributed by atoms with Gasteiger partial charge in [0.1, 0.15) is 0 Å². The Morgan fingerprint density at radius 1 is 1.47 bits per heavy atom. The van der Waals surface area contributed by atoms with Crippen molar-refractivity contribution in [1.82, 2.24) is 9.80 Å². The van der Waals surface area contributed by atoms with Crippen molar-refractivity contribution in [2.24, 2.45) is 5.73 Å². The van der Waals surface area contributed by atoms with Crippen LogP contribution in [0, 0.1) is 0 Å². The molecule has 2 atom stereocenters. The van der Waals surface area contributed by atoms with E-state index in [1.165, 1.54) is 0 Å². The lowest BCUT2D eigenvalue weighted by atomic mass is 10.2. The van der Waals surface area contributed by atoms with Gasteiger partial charge in [-0.1, -0.05) is 0 Å². The van der Waals surface area contributed by atoms with Gasteiger partial charge < -0.3 is 10.6 Å². The normalized spacial score (nSPS) is 23.9. The number of nitrogens with zero attached hydrogens (tertiary/aromatic N) is 2. The van der Waals surface area contributed by atoms with Crippen LogP contribution in [0.5, 0.6) is 0 Å². The molecule has 0 aliphatic carbocycles. The summed E-state index contributed by atoms with van der Waals surface area (Å²) in [4.78, 5) is 15.9. The van der Waals surface area contributed by atoms with E-state index in [1.54, 1.807) is 6.92 Å². The summed E-state index contributed by atoms with van der Waals surface area (Å²) >= 11 is 0. The molecular weight excluding hydrogens is 190 g/mol. The van der Waals surface area contributed by atoms with E-state index in [0.29, 0.717) is 12.1 Å². The molecule has 1 aliphatic heterocycles. The Morgan fingerprint density at radius 2 is 2.07 bits per heavy atom. The number of hydrogen-bond donors (Lipinski definition) is 1. The van der Waals surface area contributed by atoms with Crippen molar-refractivity contribution in [3.8, 4) is 0 Å². The third-order valence-corrected chi connectivity index (χ3v) is 3.26. The molecule has 1 rings (SSSR count). The first-order valence-corrected chi connectivity index (χ1v) is 5.69. The predicted octanol–water partition coefficient (Wildman–Crippen LogP) is 0.275. The van der Waals surface area contributed by atoms with Crippen molar-refractivity contribution in [3.63, 3.8) is 0 Å². The third kappa shape index (κ3) is 2.92. The van der Waals surface area contributed by atoms with Gasteiger partial charge in [-0.15, -0.1) is 0 Å². The largest absolute Gasteiger partial charge is 0.340 e. The van der Waals surface area contributed by atoms with Gasteiger partial charge in [0.2, 0.25) is 5.91 Å². The highest BCUT2D eigenvalue weighted by atomic mass is 16.2. The van der Waals surface area contributed by atoms with E-state index in [9.17, 15) is 4.79 Å². The zero-order valence-electron chi connectivity index (χ0n) is 10.2. The Bertz CT molecular complexity index is 228. The number of carbonyl (C=O) groups excluding carboxylic acids is 1. The minimum absolute atomic E-state index is 0.0784. The van der Waals surface area contributed by atoms with Crippen molar-refractivity contribution in [2.45, 2.75) is 45.3 Å². The zero-order chi connectivity index (χ0) is 11.6. The highest BCUT2D eigenvalue weighted by Gasteiger charge is 2.30. The number of amides is 1. The SMILES string of the molecule is CC(N)C(=O)N1CC[C@H](N(C)C(C)C)C1. The molecule has 0 spiro atoms. The predicted molar refractivity (Wildman–Crippen MR) is 61.5 cm³/mol. The van der Waals surface area contributed by atoms with Crippen LogP contribution in [0.1, 0.15) is 27.2 Å². The molecule has 1 unspecified atom stereocenters. The number of carbonyl (C=O) groups is 1. The number of likely N-dealkylation sites (tertiary alicyclic amines) is 1. The number of hydrogen-bond acceptors (Lipinski definition) is 3. The van der Waals surface area contributed by atoms with Crippen LogP contribution in [0.25, 0.3) is 0 Å². The van der Waals surface area contributed by atoms with Crippen LogP contribution in [0.4, 0.5) is 0 Å². The van der Waals surface area contributed by atoms with Crippen LogP contribution in [0.15, 0.2) is 0 Å². The van der Waals surface area contributed by atoms with Crippen molar-refractivity contribution in [1.29, 1.82) is 0 Å². The van der Waals surface area contributed by atoms with Crippen LogP contribution < -0.4 is 5.73 Å². The topological polar surface area (TPSA) is 49.6 Å². The summed E-state index contributed by atoms with van der Waals surface area (Å²) in [7, 11) is 2.12. The van der Waals surface area contributed by atoms with Crippen molar-refractivity contribution < 1.29 is 4.79 Å². The summed E-state index contributed by atoms with van der Waals surface area (Å²) in [5.74, 6) is 0.0784. The van der Waals surface area contributed by atoms with Crippen molar-refractivity contribution >= 4 is 5.91 Å². The van der Waals surface area contributed by atoms with Gasteiger partial charge in [0, 0.05) is 25.2 Å². The Kier molecular flexibility index (Phi) is 4.11. The molecular formula is C11H23N3O. The second-order valence-corrected chi connectivity index (χ2v) is 4.77. The zero-order valence-corrected chi connectivity index (χ0v) is 10.2. The maximum atomic E-state index is 11.7. The minimum Gasteiger partial charge on any atom is -0.340 e. The monoisotopic (exact) mass is 213 g/mol. The Morgan fingerprint density at radius 3 is 2.53 bits per heavy atom. The molecule has 0 radical (unpaired) electrons. The fourth-order valence-electron chi connectivity index (χ4n) is 1.98. The molecule has 1 aliphatic rings. The minimum atomic E-state index is -0.367. The smallest absolute Gasteiger partial charge is 0.239 e. The summed E-state index contributed by atoms with van der Waals surface area (Å²) in [5.41, 5.74) is 5.59. The van der Waals surface area contributed by atoms with E-state index in [-0.39, 0.29) is 11.9 Å². The molecule has 4 nitrogen and oxygen atoms in total. The average molecular weight is 213 g/mol. The molecule has 1 fully saturated rings. The van der Waals surface area contributed by atoms with Crippen LogP contribution >= 0.6 is 0 Å². The quantitative estimate of drug-likeness (QED) is 0.732. The fourth-order valence-corrected chi connectivity index (χ4v) is 1.98. The first-order chi connectivity index (χ1) is 6.93. The molecule has 0 aromatic rings. The lowest BCUT2D eigenvalue weighted by Crippen LogP contribution is -2.44. The second kappa shape index (κ2) is 4.94. The van der Waals surface area contributed by atoms with Crippen LogP contribution in [-0.2, 0) is 4.79 Å². The summed E-state index contributed by atoms with van der Waals surface area (Å²) in [6.07, 6.45) is 1.06. The Balaban J connectivity index is 2.49. The summed E-state index contributed by atoms with van der Waals surface area (Å²) in [6, 6.07) is 0.654.